The third kappa shape index (κ3) is 4.38. The van der Waals surface area contributed by atoms with E-state index in [1.165, 1.54) is 5.56 Å². The Bertz CT molecular complexity index is 437. The van der Waals surface area contributed by atoms with Crippen LogP contribution in [-0.2, 0) is 9.84 Å². The number of anilines is 1. The van der Waals surface area contributed by atoms with Crippen LogP contribution in [0.3, 0.4) is 0 Å². The zero-order chi connectivity index (χ0) is 12.9. The molecule has 0 aliphatic carbocycles. The fourth-order valence-electron chi connectivity index (χ4n) is 1.46. The topological polar surface area (TPSA) is 46.2 Å². The number of nitrogens with one attached hydrogen (secondary N) is 1. The van der Waals surface area contributed by atoms with Gasteiger partial charge >= 0.3 is 0 Å². The van der Waals surface area contributed by atoms with Crippen LogP contribution in [0.15, 0.2) is 24.3 Å². The molecule has 0 amide bonds. The average molecular weight is 255 g/mol. The van der Waals surface area contributed by atoms with Crippen LogP contribution in [0.2, 0.25) is 0 Å². The zero-order valence-corrected chi connectivity index (χ0v) is 11.5. The molecule has 1 N–H and O–H groups in total. The molecule has 0 aromatic heterocycles. The van der Waals surface area contributed by atoms with Crippen molar-refractivity contribution in [2.75, 3.05) is 17.6 Å². The highest BCUT2D eigenvalue weighted by molar-refractivity contribution is 7.92. The Hall–Kier alpha value is -1.03. The molecule has 0 aliphatic rings. The summed E-state index contributed by atoms with van der Waals surface area (Å²) < 4.78 is 23.5. The molecular weight excluding hydrogens is 234 g/mol. The van der Waals surface area contributed by atoms with Crippen LogP contribution >= 0.6 is 0 Å². The van der Waals surface area contributed by atoms with E-state index in [1.807, 2.05) is 38.1 Å². The summed E-state index contributed by atoms with van der Waals surface area (Å²) in [5, 5.41) is 2.88. The molecule has 1 aromatic carbocycles. The van der Waals surface area contributed by atoms with Gasteiger partial charge in [0.25, 0.3) is 0 Å². The van der Waals surface area contributed by atoms with E-state index in [9.17, 15) is 8.42 Å². The number of hydrogen-bond donors (Lipinski definition) is 1. The van der Waals surface area contributed by atoms with Crippen LogP contribution in [0.5, 0.6) is 0 Å². The molecule has 1 unspecified atom stereocenters. The van der Waals surface area contributed by atoms with Gasteiger partial charge in [-0.1, -0.05) is 24.6 Å². The fourth-order valence-corrected chi connectivity index (χ4v) is 2.76. The summed E-state index contributed by atoms with van der Waals surface area (Å²) >= 11 is 0. The van der Waals surface area contributed by atoms with Crippen LogP contribution < -0.4 is 5.32 Å². The van der Waals surface area contributed by atoms with E-state index in [2.05, 4.69) is 5.32 Å². The normalized spacial score (nSPS) is 13.4. The van der Waals surface area contributed by atoms with Gasteiger partial charge in [0.2, 0.25) is 0 Å². The molecule has 1 atom stereocenters. The summed E-state index contributed by atoms with van der Waals surface area (Å²) in [4.78, 5) is 0. The monoisotopic (exact) mass is 255 g/mol. The number of benzene rings is 1. The first kappa shape index (κ1) is 14.0. The summed E-state index contributed by atoms with van der Waals surface area (Å²) in [6.07, 6.45) is 0.673. The lowest BCUT2D eigenvalue weighted by Gasteiger charge is -2.11. The highest BCUT2D eigenvalue weighted by Gasteiger charge is 2.17. The van der Waals surface area contributed by atoms with E-state index < -0.39 is 9.84 Å². The predicted molar refractivity (Wildman–Crippen MR) is 73.2 cm³/mol. The van der Waals surface area contributed by atoms with Crippen molar-refractivity contribution in [3.8, 4) is 0 Å². The van der Waals surface area contributed by atoms with Gasteiger partial charge in [-0.25, -0.2) is 8.42 Å². The molecule has 0 aliphatic heterocycles. The molecule has 0 saturated heterocycles. The van der Waals surface area contributed by atoms with Crippen molar-refractivity contribution in [3.05, 3.63) is 29.8 Å². The summed E-state index contributed by atoms with van der Waals surface area (Å²) in [7, 11) is -2.95. The minimum absolute atomic E-state index is 0.190. The standard InChI is InChI=1S/C13H21NO2S/c1-4-12(3)17(15,16)10-9-14-13-7-5-11(2)6-8-13/h5-8,12,14H,4,9-10H2,1-3H3. The van der Waals surface area contributed by atoms with Crippen molar-refractivity contribution in [1.82, 2.24) is 0 Å². The quantitative estimate of drug-likeness (QED) is 0.850. The van der Waals surface area contributed by atoms with Gasteiger partial charge in [0.15, 0.2) is 9.84 Å². The minimum Gasteiger partial charge on any atom is -0.384 e. The molecule has 17 heavy (non-hydrogen) atoms. The Labute approximate surface area is 104 Å². The Morgan fingerprint density at radius 3 is 2.35 bits per heavy atom. The lowest BCUT2D eigenvalue weighted by Crippen LogP contribution is -2.24. The van der Waals surface area contributed by atoms with Gasteiger partial charge in [-0.15, -0.1) is 0 Å². The SMILES string of the molecule is CCC(C)S(=O)(=O)CCNc1ccc(C)cc1. The van der Waals surface area contributed by atoms with Crippen molar-refractivity contribution >= 4 is 15.5 Å². The number of hydrogen-bond acceptors (Lipinski definition) is 3. The lowest BCUT2D eigenvalue weighted by molar-refractivity contribution is 0.581. The number of rotatable bonds is 6. The maximum absolute atomic E-state index is 11.8. The van der Waals surface area contributed by atoms with Gasteiger partial charge in [-0.2, -0.15) is 0 Å². The number of aryl methyl sites for hydroxylation is 1. The van der Waals surface area contributed by atoms with Gasteiger partial charge in [-0.3, -0.25) is 0 Å². The van der Waals surface area contributed by atoms with Crippen LogP contribution in [0.1, 0.15) is 25.8 Å². The molecule has 0 radical (unpaired) electrons. The Kier molecular flexibility index (Phi) is 5.00. The van der Waals surface area contributed by atoms with Gasteiger partial charge in [0.1, 0.15) is 0 Å². The third-order valence-corrected chi connectivity index (χ3v) is 5.29. The molecule has 0 bridgehead atoms. The molecule has 0 fully saturated rings. The van der Waals surface area contributed by atoms with Crippen molar-refractivity contribution in [3.63, 3.8) is 0 Å². The molecule has 0 spiro atoms. The fraction of sp³-hybridized carbons (Fsp3) is 0.538. The summed E-state index contributed by atoms with van der Waals surface area (Å²) in [5.74, 6) is 0.190. The second-order valence-corrected chi connectivity index (χ2v) is 6.92. The van der Waals surface area contributed by atoms with Crippen molar-refractivity contribution in [1.29, 1.82) is 0 Å². The van der Waals surface area contributed by atoms with E-state index in [0.29, 0.717) is 13.0 Å². The van der Waals surface area contributed by atoms with Crippen molar-refractivity contribution < 1.29 is 8.42 Å². The maximum atomic E-state index is 11.8. The molecule has 0 saturated carbocycles. The second kappa shape index (κ2) is 6.05. The summed E-state index contributed by atoms with van der Waals surface area (Å²) in [6, 6.07) is 7.94. The summed E-state index contributed by atoms with van der Waals surface area (Å²) in [6.45, 7) is 6.16. The maximum Gasteiger partial charge on any atom is 0.154 e. The lowest BCUT2D eigenvalue weighted by atomic mass is 10.2. The average Bonchev–Trinajstić information content (AvgIpc) is 2.30. The van der Waals surface area contributed by atoms with Gasteiger partial charge < -0.3 is 5.32 Å². The van der Waals surface area contributed by atoms with Gasteiger partial charge in [-0.05, 0) is 32.4 Å². The van der Waals surface area contributed by atoms with Crippen LogP contribution in [-0.4, -0.2) is 26.0 Å². The first-order chi connectivity index (χ1) is 7.95. The van der Waals surface area contributed by atoms with Crippen LogP contribution in [0, 0.1) is 6.92 Å². The highest BCUT2D eigenvalue weighted by atomic mass is 32.2. The minimum atomic E-state index is -2.95. The van der Waals surface area contributed by atoms with Crippen LogP contribution in [0.25, 0.3) is 0 Å². The molecule has 96 valence electrons. The van der Waals surface area contributed by atoms with Gasteiger partial charge in [0, 0.05) is 12.2 Å². The zero-order valence-electron chi connectivity index (χ0n) is 10.7. The molecule has 1 aromatic rings. The largest absolute Gasteiger partial charge is 0.384 e. The highest BCUT2D eigenvalue weighted by Crippen LogP contribution is 2.09. The molecular formula is C13H21NO2S. The van der Waals surface area contributed by atoms with Crippen LogP contribution in [0.4, 0.5) is 5.69 Å². The predicted octanol–water partition coefficient (Wildman–Crippen LogP) is 2.62. The third-order valence-electron chi connectivity index (χ3n) is 2.96. The molecule has 3 nitrogen and oxygen atoms in total. The Balaban J connectivity index is 2.45. The number of sulfone groups is 1. The van der Waals surface area contributed by atoms with E-state index in [4.69, 9.17) is 0 Å². The smallest absolute Gasteiger partial charge is 0.154 e. The Morgan fingerprint density at radius 2 is 1.82 bits per heavy atom. The van der Waals surface area contributed by atoms with Crippen molar-refractivity contribution in [2.24, 2.45) is 0 Å². The van der Waals surface area contributed by atoms with Gasteiger partial charge in [0.05, 0.1) is 11.0 Å². The Morgan fingerprint density at radius 1 is 1.24 bits per heavy atom. The molecule has 4 heteroatoms. The van der Waals surface area contributed by atoms with Crippen molar-refractivity contribution in [2.45, 2.75) is 32.4 Å². The van der Waals surface area contributed by atoms with E-state index in [1.54, 1.807) is 6.92 Å². The first-order valence-corrected chi connectivity index (χ1v) is 7.69. The summed E-state index contributed by atoms with van der Waals surface area (Å²) in [5.41, 5.74) is 2.16. The van der Waals surface area contributed by atoms with E-state index >= 15 is 0 Å². The second-order valence-electron chi connectivity index (χ2n) is 4.38. The van der Waals surface area contributed by atoms with E-state index in [-0.39, 0.29) is 11.0 Å². The van der Waals surface area contributed by atoms with E-state index in [0.717, 1.165) is 5.69 Å². The molecule has 1 rings (SSSR count). The molecule has 0 heterocycles. The first-order valence-electron chi connectivity index (χ1n) is 5.98.